The highest BCUT2D eigenvalue weighted by Crippen LogP contribution is 2.26. The van der Waals surface area contributed by atoms with Crippen molar-refractivity contribution in [1.82, 2.24) is 4.57 Å². The van der Waals surface area contributed by atoms with E-state index in [9.17, 15) is 9.65 Å². The number of allylic oxidation sites excluding steroid dienone is 1. The molecule has 0 unspecified atom stereocenters. The van der Waals surface area contributed by atoms with Crippen molar-refractivity contribution in [3.05, 3.63) is 89.0 Å². The van der Waals surface area contributed by atoms with Crippen LogP contribution in [0.25, 0.3) is 17.3 Å². The van der Waals surface area contributed by atoms with E-state index in [2.05, 4.69) is 6.07 Å². The second-order valence-electron chi connectivity index (χ2n) is 4.90. The topological polar surface area (TPSA) is 28.7 Å². The molecule has 2 aromatic carbocycles. The van der Waals surface area contributed by atoms with Gasteiger partial charge >= 0.3 is 0 Å². The Kier molecular flexibility index (Phi) is 4.27. The minimum Gasteiger partial charge on any atom is -0.314 e. The molecule has 1 aromatic heterocycles. The summed E-state index contributed by atoms with van der Waals surface area (Å²) in [6.45, 7) is 0. The third-order valence-electron chi connectivity index (χ3n) is 3.47. The third kappa shape index (κ3) is 3.03. The highest BCUT2D eigenvalue weighted by Gasteiger charge is 2.09. The van der Waals surface area contributed by atoms with E-state index in [1.807, 2.05) is 18.2 Å². The van der Waals surface area contributed by atoms with E-state index in [1.54, 1.807) is 53.2 Å². The number of halogens is 2. The van der Waals surface area contributed by atoms with Gasteiger partial charge in [-0.1, -0.05) is 41.9 Å². The van der Waals surface area contributed by atoms with Crippen LogP contribution in [-0.2, 0) is 0 Å². The van der Waals surface area contributed by atoms with Crippen molar-refractivity contribution < 1.29 is 4.39 Å². The maximum atomic E-state index is 14.0. The van der Waals surface area contributed by atoms with Crippen LogP contribution < -0.4 is 0 Å². The molecule has 0 saturated heterocycles. The van der Waals surface area contributed by atoms with Gasteiger partial charge in [0.15, 0.2) is 0 Å². The van der Waals surface area contributed by atoms with Gasteiger partial charge in [-0.05, 0) is 36.4 Å². The van der Waals surface area contributed by atoms with Crippen molar-refractivity contribution in [2.75, 3.05) is 0 Å². The summed E-state index contributed by atoms with van der Waals surface area (Å²) in [4.78, 5) is 0. The van der Waals surface area contributed by atoms with E-state index >= 15 is 0 Å². The molecule has 0 aliphatic carbocycles. The zero-order valence-corrected chi connectivity index (χ0v) is 12.8. The molecule has 0 amide bonds. The summed E-state index contributed by atoms with van der Waals surface area (Å²) in [7, 11) is 0. The Morgan fingerprint density at radius 1 is 1.04 bits per heavy atom. The lowest BCUT2D eigenvalue weighted by atomic mass is 10.1. The normalized spacial score (nSPS) is 11.3. The lowest BCUT2D eigenvalue weighted by molar-refractivity contribution is 0.618. The zero-order valence-electron chi connectivity index (χ0n) is 12.1. The Labute approximate surface area is 138 Å². The van der Waals surface area contributed by atoms with Crippen LogP contribution in [0.15, 0.2) is 66.9 Å². The molecule has 0 fully saturated rings. The Morgan fingerprint density at radius 2 is 1.78 bits per heavy atom. The van der Waals surface area contributed by atoms with Gasteiger partial charge in [0, 0.05) is 22.5 Å². The van der Waals surface area contributed by atoms with Gasteiger partial charge in [0.05, 0.1) is 17.3 Å². The first-order chi connectivity index (χ1) is 11.2. The number of para-hydroxylation sites is 1. The van der Waals surface area contributed by atoms with E-state index in [1.165, 1.54) is 6.07 Å². The molecule has 23 heavy (non-hydrogen) atoms. The van der Waals surface area contributed by atoms with Crippen LogP contribution in [0.3, 0.4) is 0 Å². The van der Waals surface area contributed by atoms with Crippen LogP contribution >= 0.6 is 11.6 Å². The summed E-state index contributed by atoms with van der Waals surface area (Å²) in [6, 6.07) is 19.4. The Hall–Kier alpha value is -2.83. The first-order valence-corrected chi connectivity index (χ1v) is 7.37. The van der Waals surface area contributed by atoms with Crippen LogP contribution in [0.4, 0.5) is 4.39 Å². The predicted octanol–water partition coefficient (Wildman–Crippen LogP) is 5.33. The number of nitriles is 1. The van der Waals surface area contributed by atoms with Gasteiger partial charge in [0.25, 0.3) is 0 Å². The quantitative estimate of drug-likeness (QED) is 0.599. The highest BCUT2D eigenvalue weighted by atomic mass is 35.5. The zero-order chi connectivity index (χ0) is 16.2. The van der Waals surface area contributed by atoms with Gasteiger partial charge in [-0.25, -0.2) is 4.39 Å². The number of hydrogen-bond acceptors (Lipinski definition) is 1. The molecule has 1 heterocycles. The minimum atomic E-state index is -0.324. The second kappa shape index (κ2) is 6.51. The molecule has 0 atom stereocenters. The average molecular weight is 323 g/mol. The maximum absolute atomic E-state index is 14.0. The Morgan fingerprint density at radius 3 is 2.52 bits per heavy atom. The molecule has 4 heteroatoms. The number of benzene rings is 2. The van der Waals surface area contributed by atoms with Crippen LogP contribution in [0.1, 0.15) is 11.3 Å². The number of nitrogens with zero attached hydrogens (tertiary/aromatic N) is 2. The molecule has 0 saturated carbocycles. The molecule has 0 aliphatic heterocycles. The molecule has 3 aromatic rings. The molecular weight excluding hydrogens is 311 g/mol. The SMILES string of the molecule is N#C/C(=C/c1cccn1-c1ccccc1F)c1ccccc1Cl. The van der Waals surface area contributed by atoms with E-state index in [0.29, 0.717) is 27.5 Å². The maximum Gasteiger partial charge on any atom is 0.147 e. The average Bonchev–Trinajstić information content (AvgIpc) is 3.02. The summed E-state index contributed by atoms with van der Waals surface area (Å²) >= 11 is 6.16. The molecule has 0 spiro atoms. The van der Waals surface area contributed by atoms with Crippen molar-refractivity contribution >= 4 is 23.3 Å². The fourth-order valence-corrected chi connectivity index (χ4v) is 2.61. The van der Waals surface area contributed by atoms with Crippen molar-refractivity contribution in [1.29, 1.82) is 5.26 Å². The minimum absolute atomic E-state index is 0.324. The molecule has 3 rings (SSSR count). The van der Waals surface area contributed by atoms with E-state index in [4.69, 9.17) is 11.6 Å². The predicted molar refractivity (Wildman–Crippen MR) is 90.7 cm³/mol. The van der Waals surface area contributed by atoms with E-state index < -0.39 is 0 Å². The first-order valence-electron chi connectivity index (χ1n) is 6.99. The summed E-state index contributed by atoms with van der Waals surface area (Å²) in [5, 5.41) is 9.96. The molecule has 0 N–H and O–H groups in total. The monoisotopic (exact) mass is 322 g/mol. The van der Waals surface area contributed by atoms with Gasteiger partial charge in [-0.15, -0.1) is 0 Å². The summed E-state index contributed by atoms with van der Waals surface area (Å²) in [5.74, 6) is -0.324. The molecule has 0 radical (unpaired) electrons. The van der Waals surface area contributed by atoms with Crippen molar-refractivity contribution in [3.63, 3.8) is 0 Å². The molecular formula is C19H12ClFN2. The van der Waals surface area contributed by atoms with Gasteiger partial charge < -0.3 is 4.57 Å². The van der Waals surface area contributed by atoms with Crippen LogP contribution in [0.5, 0.6) is 0 Å². The van der Waals surface area contributed by atoms with E-state index in [-0.39, 0.29) is 5.82 Å². The Balaban J connectivity index is 2.11. The fraction of sp³-hybridized carbons (Fsp3) is 0. The van der Waals surface area contributed by atoms with Crippen molar-refractivity contribution in [2.45, 2.75) is 0 Å². The fourth-order valence-electron chi connectivity index (χ4n) is 2.38. The lowest BCUT2D eigenvalue weighted by Crippen LogP contribution is -1.98. The summed E-state index contributed by atoms with van der Waals surface area (Å²) < 4.78 is 15.7. The van der Waals surface area contributed by atoms with Gasteiger partial charge in [0.1, 0.15) is 5.82 Å². The largest absolute Gasteiger partial charge is 0.314 e. The highest BCUT2D eigenvalue weighted by molar-refractivity contribution is 6.32. The van der Waals surface area contributed by atoms with Gasteiger partial charge in [-0.3, -0.25) is 0 Å². The van der Waals surface area contributed by atoms with Gasteiger partial charge in [0.2, 0.25) is 0 Å². The smallest absolute Gasteiger partial charge is 0.147 e. The molecule has 112 valence electrons. The van der Waals surface area contributed by atoms with E-state index in [0.717, 1.165) is 0 Å². The molecule has 2 nitrogen and oxygen atoms in total. The van der Waals surface area contributed by atoms with Crippen molar-refractivity contribution in [3.8, 4) is 11.8 Å². The Bertz CT molecular complexity index is 919. The van der Waals surface area contributed by atoms with Crippen LogP contribution in [-0.4, -0.2) is 4.57 Å². The molecule has 0 bridgehead atoms. The summed E-state index contributed by atoms with van der Waals surface area (Å²) in [6.07, 6.45) is 3.46. The van der Waals surface area contributed by atoms with Crippen LogP contribution in [0, 0.1) is 17.1 Å². The number of aromatic nitrogens is 1. The lowest BCUT2D eigenvalue weighted by Gasteiger charge is -2.08. The first kappa shape index (κ1) is 15.1. The number of hydrogen-bond donors (Lipinski definition) is 0. The second-order valence-corrected chi connectivity index (χ2v) is 5.31. The van der Waals surface area contributed by atoms with Crippen LogP contribution in [0.2, 0.25) is 5.02 Å². The molecule has 0 aliphatic rings. The third-order valence-corrected chi connectivity index (χ3v) is 3.80. The standard InChI is InChI=1S/C19H12ClFN2/c20-17-8-2-1-7-16(17)14(13-22)12-15-6-5-11-23(15)19-10-4-3-9-18(19)21/h1-12H/b14-12-. The number of rotatable bonds is 3. The summed E-state index contributed by atoms with van der Waals surface area (Å²) in [5.41, 5.74) is 2.21. The van der Waals surface area contributed by atoms with Gasteiger partial charge in [-0.2, -0.15) is 5.26 Å². The van der Waals surface area contributed by atoms with Crippen molar-refractivity contribution in [2.24, 2.45) is 0 Å².